The Hall–Kier alpha value is -1.99. The van der Waals surface area contributed by atoms with Crippen molar-refractivity contribution in [1.29, 1.82) is 0 Å². The highest BCUT2D eigenvalue weighted by molar-refractivity contribution is 6.40. The number of carbonyl (C=O) groups excluding carboxylic acids is 3. The van der Waals surface area contributed by atoms with E-state index in [4.69, 9.17) is 46.4 Å². The Bertz CT molecular complexity index is 833. The highest BCUT2D eigenvalue weighted by Crippen LogP contribution is 2.23. The predicted molar refractivity (Wildman–Crippen MR) is 103 cm³/mol. The van der Waals surface area contributed by atoms with Crippen LogP contribution >= 0.6 is 46.4 Å². The van der Waals surface area contributed by atoms with Gasteiger partial charge in [-0.3, -0.25) is 14.4 Å². The van der Waals surface area contributed by atoms with E-state index in [1.165, 1.54) is 36.4 Å². The van der Waals surface area contributed by atoms with Gasteiger partial charge in [-0.15, -0.1) is 0 Å². The second kappa shape index (κ2) is 9.09. The van der Waals surface area contributed by atoms with Gasteiger partial charge in [0, 0.05) is 31.5 Å². The van der Waals surface area contributed by atoms with Crippen molar-refractivity contribution in [2.24, 2.45) is 0 Å². The third kappa shape index (κ3) is 6.38. The molecule has 0 fully saturated rings. The van der Waals surface area contributed by atoms with Crippen LogP contribution in [0.3, 0.4) is 0 Å². The molecule has 0 saturated heterocycles. The predicted octanol–water partition coefficient (Wildman–Crippen LogP) is 3.99. The van der Waals surface area contributed by atoms with Gasteiger partial charge in [0.15, 0.2) is 0 Å². The van der Waals surface area contributed by atoms with E-state index in [1.807, 2.05) is 0 Å². The van der Waals surface area contributed by atoms with E-state index >= 15 is 0 Å². The summed E-state index contributed by atoms with van der Waals surface area (Å²) in [5, 5.41) is 8.29. The van der Waals surface area contributed by atoms with Crippen LogP contribution in [0.25, 0.3) is 0 Å². The van der Waals surface area contributed by atoms with Gasteiger partial charge < -0.3 is 16.0 Å². The largest absolute Gasteiger partial charge is 0.339 e. The molecule has 26 heavy (non-hydrogen) atoms. The van der Waals surface area contributed by atoms with Crippen molar-refractivity contribution in [3.05, 3.63) is 56.5 Å². The maximum Gasteiger partial charge on any atom is 0.313 e. The van der Waals surface area contributed by atoms with Crippen molar-refractivity contribution in [3.63, 3.8) is 0 Å². The number of amides is 3. The van der Waals surface area contributed by atoms with E-state index in [2.05, 4.69) is 16.0 Å². The molecule has 2 rings (SSSR count). The van der Waals surface area contributed by atoms with Crippen LogP contribution in [0.5, 0.6) is 0 Å². The first-order valence-corrected chi connectivity index (χ1v) is 8.55. The van der Waals surface area contributed by atoms with Gasteiger partial charge in [0.1, 0.15) is 0 Å². The van der Waals surface area contributed by atoms with Gasteiger partial charge in [0.05, 0.1) is 6.54 Å². The van der Waals surface area contributed by atoms with Gasteiger partial charge in [-0.25, -0.2) is 0 Å². The van der Waals surface area contributed by atoms with E-state index in [0.717, 1.165) is 0 Å². The number of benzene rings is 2. The van der Waals surface area contributed by atoms with Crippen molar-refractivity contribution in [1.82, 2.24) is 5.32 Å². The molecule has 0 atom stereocenters. The van der Waals surface area contributed by atoms with Crippen LogP contribution < -0.4 is 16.0 Å². The summed E-state index contributed by atoms with van der Waals surface area (Å²) in [5.74, 6) is -2.53. The summed E-state index contributed by atoms with van der Waals surface area (Å²) in [6.45, 7) is -0.424. The van der Waals surface area contributed by atoms with E-state index in [0.29, 0.717) is 25.8 Å². The van der Waals surface area contributed by atoms with E-state index in [9.17, 15) is 14.4 Å². The summed E-state index contributed by atoms with van der Waals surface area (Å²) in [7, 11) is 0. The minimum atomic E-state index is -1.000. The third-order valence-electron chi connectivity index (χ3n) is 2.88. The lowest BCUT2D eigenvalue weighted by molar-refractivity contribution is -0.136. The third-order valence-corrected chi connectivity index (χ3v) is 3.76. The molecule has 0 spiro atoms. The van der Waals surface area contributed by atoms with Crippen molar-refractivity contribution >= 4 is 75.5 Å². The number of carbonyl (C=O) groups is 3. The van der Waals surface area contributed by atoms with Crippen molar-refractivity contribution < 1.29 is 14.4 Å². The molecule has 2 aromatic carbocycles. The molecule has 3 amide bonds. The molecule has 0 bridgehead atoms. The molecule has 0 unspecified atom stereocenters. The van der Waals surface area contributed by atoms with Crippen molar-refractivity contribution in [2.45, 2.75) is 0 Å². The van der Waals surface area contributed by atoms with Gasteiger partial charge in [0.2, 0.25) is 5.91 Å². The molecule has 0 aromatic heterocycles. The molecule has 10 heteroatoms. The van der Waals surface area contributed by atoms with Crippen molar-refractivity contribution in [3.8, 4) is 0 Å². The van der Waals surface area contributed by atoms with Crippen LogP contribution in [0, 0.1) is 0 Å². The lowest BCUT2D eigenvalue weighted by atomic mass is 10.3. The highest BCUT2D eigenvalue weighted by Gasteiger charge is 2.15. The Morgan fingerprint density at radius 1 is 0.654 bits per heavy atom. The van der Waals surface area contributed by atoms with E-state index < -0.39 is 24.3 Å². The van der Waals surface area contributed by atoms with Crippen LogP contribution in [0.1, 0.15) is 0 Å². The van der Waals surface area contributed by atoms with Gasteiger partial charge in [-0.2, -0.15) is 0 Å². The zero-order valence-corrected chi connectivity index (χ0v) is 15.9. The summed E-state index contributed by atoms with van der Waals surface area (Å²) in [4.78, 5) is 35.4. The normalized spacial score (nSPS) is 10.2. The highest BCUT2D eigenvalue weighted by atomic mass is 35.5. The van der Waals surface area contributed by atoms with Gasteiger partial charge in [0.25, 0.3) is 0 Å². The van der Waals surface area contributed by atoms with E-state index in [1.54, 1.807) is 0 Å². The molecule has 2 aromatic rings. The quantitative estimate of drug-likeness (QED) is 0.635. The molecule has 0 heterocycles. The first-order chi connectivity index (χ1) is 12.2. The Morgan fingerprint density at radius 2 is 1.08 bits per heavy atom. The summed E-state index contributed by atoms with van der Waals surface area (Å²) in [6, 6.07) is 8.81. The van der Waals surface area contributed by atoms with Gasteiger partial charge in [-0.05, 0) is 36.4 Å². The molecular formula is C16H11Cl4N3O3. The van der Waals surface area contributed by atoms with Gasteiger partial charge in [-0.1, -0.05) is 46.4 Å². The Morgan fingerprint density at radius 3 is 1.54 bits per heavy atom. The average molecular weight is 435 g/mol. The van der Waals surface area contributed by atoms with Crippen molar-refractivity contribution in [2.75, 3.05) is 17.2 Å². The van der Waals surface area contributed by atoms with Crippen LogP contribution in [0.4, 0.5) is 11.4 Å². The fraction of sp³-hybridized carbons (Fsp3) is 0.0625. The van der Waals surface area contributed by atoms with Crippen LogP contribution in [0.2, 0.25) is 20.1 Å². The Kier molecular flexibility index (Phi) is 7.11. The first-order valence-electron chi connectivity index (χ1n) is 7.04. The molecule has 136 valence electrons. The van der Waals surface area contributed by atoms with Crippen LogP contribution in [0.15, 0.2) is 36.4 Å². The van der Waals surface area contributed by atoms with Crippen LogP contribution in [-0.4, -0.2) is 24.3 Å². The maximum atomic E-state index is 11.8. The molecule has 3 N–H and O–H groups in total. The average Bonchev–Trinajstić information content (AvgIpc) is 2.50. The second-order valence-corrected chi connectivity index (χ2v) is 6.75. The minimum absolute atomic E-state index is 0.251. The molecule has 0 radical (unpaired) electrons. The fourth-order valence-electron chi connectivity index (χ4n) is 1.89. The lowest BCUT2D eigenvalue weighted by Crippen LogP contribution is -2.39. The number of halogens is 4. The summed E-state index contributed by atoms with van der Waals surface area (Å²) in [5.41, 5.74) is 0.612. The zero-order valence-electron chi connectivity index (χ0n) is 12.9. The smallest absolute Gasteiger partial charge is 0.313 e. The monoisotopic (exact) mass is 433 g/mol. The van der Waals surface area contributed by atoms with E-state index in [-0.39, 0.29) is 5.69 Å². The van der Waals surface area contributed by atoms with Crippen LogP contribution in [-0.2, 0) is 14.4 Å². The Labute approximate surface area is 168 Å². The number of nitrogens with one attached hydrogen (secondary N) is 3. The maximum absolute atomic E-state index is 11.8. The molecule has 0 aliphatic heterocycles. The molecular weight excluding hydrogens is 424 g/mol. The minimum Gasteiger partial charge on any atom is -0.339 e. The van der Waals surface area contributed by atoms with Gasteiger partial charge >= 0.3 is 11.8 Å². The fourth-order valence-corrected chi connectivity index (χ4v) is 2.94. The number of hydrogen-bond donors (Lipinski definition) is 3. The zero-order chi connectivity index (χ0) is 19.3. The Balaban J connectivity index is 1.86. The summed E-state index contributed by atoms with van der Waals surface area (Å²) >= 11 is 23.3. The summed E-state index contributed by atoms with van der Waals surface area (Å²) in [6.07, 6.45) is 0. The number of hydrogen-bond acceptors (Lipinski definition) is 3. The molecule has 6 nitrogen and oxygen atoms in total. The molecule has 0 saturated carbocycles. The topological polar surface area (TPSA) is 87.3 Å². The SMILES string of the molecule is O=C(CNC(=O)C(=O)Nc1cc(Cl)cc(Cl)c1)Nc1cc(Cl)cc(Cl)c1. The number of anilines is 2. The molecule has 0 aliphatic carbocycles. The standard InChI is InChI=1S/C16H11Cl4N3O3/c17-8-1-9(18)4-12(3-8)22-14(24)7-21-15(25)16(26)23-13-5-10(19)2-11(20)6-13/h1-6H,7H2,(H,21,25)(H,22,24)(H,23,26). The summed E-state index contributed by atoms with van der Waals surface area (Å²) < 4.78 is 0. The lowest BCUT2D eigenvalue weighted by Gasteiger charge is -2.09. The number of rotatable bonds is 4. The molecule has 0 aliphatic rings. The second-order valence-electron chi connectivity index (χ2n) is 5.00. The first kappa shape index (κ1) is 20.3.